The number of hydrogen-bond donors (Lipinski definition) is 2. The maximum Gasteiger partial charge on any atom is 0.241 e. The van der Waals surface area contributed by atoms with Gasteiger partial charge in [0.1, 0.15) is 0 Å². The molecule has 2 N–H and O–H groups in total. The van der Waals surface area contributed by atoms with E-state index >= 15 is 0 Å². The smallest absolute Gasteiger partial charge is 0.241 e. The van der Waals surface area contributed by atoms with Gasteiger partial charge in [-0.3, -0.25) is 0 Å². The minimum atomic E-state index is -3.61. The summed E-state index contributed by atoms with van der Waals surface area (Å²) < 4.78 is 32.6. The van der Waals surface area contributed by atoms with Gasteiger partial charge in [0.2, 0.25) is 10.0 Å². The van der Waals surface area contributed by atoms with Crippen LogP contribution in [0.15, 0.2) is 23.1 Å². The van der Waals surface area contributed by atoms with E-state index < -0.39 is 10.0 Å². The zero-order valence-electron chi connectivity index (χ0n) is 12.2. The Labute approximate surface area is 121 Å². The first-order valence-corrected chi connectivity index (χ1v) is 8.14. The molecule has 0 aromatic heterocycles. The van der Waals surface area contributed by atoms with E-state index in [4.69, 9.17) is 9.84 Å². The number of benzene rings is 1. The lowest BCUT2D eigenvalue weighted by Crippen LogP contribution is -2.38. The maximum atomic E-state index is 12.4. The predicted octanol–water partition coefficient (Wildman–Crippen LogP) is 1.58. The van der Waals surface area contributed by atoms with Gasteiger partial charge in [-0.1, -0.05) is 25.5 Å². The highest BCUT2D eigenvalue weighted by Crippen LogP contribution is 2.18. The van der Waals surface area contributed by atoms with E-state index in [1.54, 1.807) is 26.2 Å². The molecule has 20 heavy (non-hydrogen) atoms. The Bertz CT molecular complexity index is 522. The zero-order valence-corrected chi connectivity index (χ0v) is 13.0. The summed E-state index contributed by atoms with van der Waals surface area (Å²) in [6.45, 7) is 3.89. The van der Waals surface area contributed by atoms with Crippen LogP contribution in [-0.4, -0.2) is 33.3 Å². The highest BCUT2D eigenvalue weighted by Gasteiger charge is 2.21. The highest BCUT2D eigenvalue weighted by molar-refractivity contribution is 7.89. The third-order valence-corrected chi connectivity index (χ3v) is 4.71. The molecule has 114 valence electrons. The van der Waals surface area contributed by atoms with Gasteiger partial charge in [0.25, 0.3) is 0 Å². The van der Waals surface area contributed by atoms with Crippen molar-refractivity contribution in [1.82, 2.24) is 4.72 Å². The van der Waals surface area contributed by atoms with Gasteiger partial charge in [-0.25, -0.2) is 13.1 Å². The predicted molar refractivity (Wildman–Crippen MR) is 78.0 cm³/mol. The van der Waals surface area contributed by atoms with Gasteiger partial charge >= 0.3 is 0 Å². The fourth-order valence-electron chi connectivity index (χ4n) is 2.04. The second-order valence-electron chi connectivity index (χ2n) is 4.82. The molecule has 5 nitrogen and oxygen atoms in total. The van der Waals surface area contributed by atoms with Gasteiger partial charge in [0.05, 0.1) is 18.1 Å². The molecule has 0 saturated carbocycles. The van der Waals surface area contributed by atoms with Crippen molar-refractivity contribution < 1.29 is 18.3 Å². The van der Waals surface area contributed by atoms with Gasteiger partial charge in [-0.05, 0) is 30.5 Å². The van der Waals surface area contributed by atoms with Crippen LogP contribution >= 0.6 is 0 Å². The molecule has 0 aliphatic heterocycles. The highest BCUT2D eigenvalue weighted by atomic mass is 32.2. The lowest BCUT2D eigenvalue weighted by atomic mass is 10.2. The summed E-state index contributed by atoms with van der Waals surface area (Å²) in [5.41, 5.74) is 1.23. The number of sulfonamides is 1. The Morgan fingerprint density at radius 3 is 2.65 bits per heavy atom. The molecule has 1 aromatic rings. The molecule has 0 spiro atoms. The van der Waals surface area contributed by atoms with Gasteiger partial charge in [-0.2, -0.15) is 0 Å². The van der Waals surface area contributed by atoms with E-state index in [1.165, 1.54) is 6.07 Å². The fraction of sp³-hybridized carbons (Fsp3) is 0.571. The molecule has 0 aliphatic rings. The summed E-state index contributed by atoms with van der Waals surface area (Å²) in [5.74, 6) is 0. The molecule has 1 unspecified atom stereocenters. The van der Waals surface area contributed by atoms with Crippen LogP contribution in [-0.2, 0) is 21.4 Å². The van der Waals surface area contributed by atoms with Gasteiger partial charge in [-0.15, -0.1) is 0 Å². The first-order chi connectivity index (χ1) is 9.44. The van der Waals surface area contributed by atoms with Gasteiger partial charge in [0.15, 0.2) is 0 Å². The Balaban J connectivity index is 3.03. The average Bonchev–Trinajstić information content (AvgIpc) is 2.39. The van der Waals surface area contributed by atoms with Crippen LogP contribution in [0.3, 0.4) is 0 Å². The van der Waals surface area contributed by atoms with E-state index in [-0.39, 0.29) is 17.5 Å². The first kappa shape index (κ1) is 17.1. The van der Waals surface area contributed by atoms with Crippen LogP contribution in [0.25, 0.3) is 0 Å². The third-order valence-electron chi connectivity index (χ3n) is 3.05. The average molecular weight is 301 g/mol. The lowest BCUT2D eigenvalue weighted by molar-refractivity contribution is 0.171. The third kappa shape index (κ3) is 4.56. The van der Waals surface area contributed by atoms with Crippen LogP contribution in [0, 0.1) is 6.92 Å². The largest absolute Gasteiger partial charge is 0.392 e. The van der Waals surface area contributed by atoms with Crippen LogP contribution in [0.4, 0.5) is 0 Å². The number of rotatable bonds is 8. The number of aliphatic hydroxyl groups excluding tert-OH is 1. The standard InChI is InChI=1S/C14H23NO4S/c1-4-5-13(10-19-3)15-20(17,18)14-8-12(9-16)7-6-11(14)2/h6-8,13,15-16H,4-5,9-10H2,1-3H3. The van der Waals surface area contributed by atoms with Crippen LogP contribution in [0.1, 0.15) is 30.9 Å². The summed E-state index contributed by atoms with van der Waals surface area (Å²) in [5, 5.41) is 9.13. The Hall–Kier alpha value is -0.950. The van der Waals surface area contributed by atoms with E-state index in [0.29, 0.717) is 24.2 Å². The summed E-state index contributed by atoms with van der Waals surface area (Å²) in [6, 6.07) is 4.68. The van der Waals surface area contributed by atoms with Crippen molar-refractivity contribution in [2.24, 2.45) is 0 Å². The number of nitrogens with one attached hydrogen (secondary N) is 1. The molecule has 1 atom stereocenters. The summed E-state index contributed by atoms with van der Waals surface area (Å²) in [6.07, 6.45) is 1.58. The summed E-state index contributed by atoms with van der Waals surface area (Å²) >= 11 is 0. The van der Waals surface area contributed by atoms with Crippen molar-refractivity contribution in [3.63, 3.8) is 0 Å². The second-order valence-corrected chi connectivity index (χ2v) is 6.50. The van der Waals surface area contributed by atoms with Gasteiger partial charge in [0, 0.05) is 13.2 Å². The number of ether oxygens (including phenoxy) is 1. The molecule has 0 heterocycles. The van der Waals surface area contributed by atoms with Crippen LogP contribution in [0.5, 0.6) is 0 Å². The minimum absolute atomic E-state index is 0.181. The van der Waals surface area contributed by atoms with E-state index in [0.717, 1.165) is 6.42 Å². The Kier molecular flexibility index (Phi) is 6.61. The number of aryl methyl sites for hydroxylation is 1. The fourth-order valence-corrected chi connectivity index (χ4v) is 3.59. The molecule has 0 bridgehead atoms. The first-order valence-electron chi connectivity index (χ1n) is 6.66. The molecule has 0 radical (unpaired) electrons. The monoisotopic (exact) mass is 301 g/mol. The maximum absolute atomic E-state index is 12.4. The molecule has 1 aromatic carbocycles. The quantitative estimate of drug-likeness (QED) is 0.764. The van der Waals surface area contributed by atoms with Crippen molar-refractivity contribution in [2.75, 3.05) is 13.7 Å². The van der Waals surface area contributed by atoms with Crippen molar-refractivity contribution in [2.45, 2.75) is 44.2 Å². The van der Waals surface area contributed by atoms with Crippen molar-refractivity contribution in [3.8, 4) is 0 Å². The molecule has 0 fully saturated rings. The van der Waals surface area contributed by atoms with Crippen molar-refractivity contribution in [3.05, 3.63) is 29.3 Å². The topological polar surface area (TPSA) is 75.6 Å². The molecule has 0 amide bonds. The number of methoxy groups -OCH3 is 1. The Morgan fingerprint density at radius 2 is 2.10 bits per heavy atom. The summed E-state index contributed by atoms with van der Waals surface area (Å²) in [7, 11) is -2.06. The van der Waals surface area contributed by atoms with E-state index in [1.807, 2.05) is 6.92 Å². The molecular formula is C14H23NO4S. The van der Waals surface area contributed by atoms with E-state index in [2.05, 4.69) is 4.72 Å². The second kappa shape index (κ2) is 7.73. The van der Waals surface area contributed by atoms with Crippen molar-refractivity contribution in [1.29, 1.82) is 0 Å². The molecular weight excluding hydrogens is 278 g/mol. The minimum Gasteiger partial charge on any atom is -0.392 e. The number of hydrogen-bond acceptors (Lipinski definition) is 4. The lowest BCUT2D eigenvalue weighted by Gasteiger charge is -2.18. The van der Waals surface area contributed by atoms with E-state index in [9.17, 15) is 8.42 Å². The SMILES string of the molecule is CCCC(COC)NS(=O)(=O)c1cc(CO)ccc1C. The van der Waals surface area contributed by atoms with Crippen LogP contribution in [0.2, 0.25) is 0 Å². The van der Waals surface area contributed by atoms with Crippen molar-refractivity contribution >= 4 is 10.0 Å². The summed E-state index contributed by atoms with van der Waals surface area (Å²) in [4.78, 5) is 0.209. The number of aliphatic hydroxyl groups is 1. The Morgan fingerprint density at radius 1 is 1.40 bits per heavy atom. The molecule has 6 heteroatoms. The normalized spacial score (nSPS) is 13.4. The zero-order chi connectivity index (χ0) is 15.2. The molecule has 1 rings (SSSR count). The molecule has 0 saturated heterocycles. The molecule has 0 aliphatic carbocycles. The van der Waals surface area contributed by atoms with Crippen LogP contribution < -0.4 is 4.72 Å². The van der Waals surface area contributed by atoms with Gasteiger partial charge < -0.3 is 9.84 Å².